The van der Waals surface area contributed by atoms with E-state index >= 15 is 0 Å². The van der Waals surface area contributed by atoms with Crippen molar-refractivity contribution in [2.45, 2.75) is 71.1 Å². The average Bonchev–Trinajstić information content (AvgIpc) is 3.89. The molecule has 0 saturated heterocycles. The van der Waals surface area contributed by atoms with Crippen LogP contribution in [0.25, 0.3) is 11.1 Å². The van der Waals surface area contributed by atoms with E-state index in [4.69, 9.17) is 28.2 Å². The van der Waals surface area contributed by atoms with E-state index < -0.39 is 29.8 Å². The number of carboxylic acids is 1. The molecule has 16 heteroatoms. The number of ether oxygens (including phenoxy) is 1. The first-order valence-electron chi connectivity index (χ1n) is 19.6. The minimum Gasteiger partial charge on any atom is -0.481 e. The molecule has 4 heterocycles. The molecule has 0 atom stereocenters. The fourth-order valence-electron chi connectivity index (χ4n) is 9.45. The number of imidazole rings is 1. The predicted octanol–water partition coefficient (Wildman–Crippen LogP) is 7.67. The zero-order valence-electron chi connectivity index (χ0n) is 32.1. The topological polar surface area (TPSA) is 142 Å². The smallest absolute Gasteiger partial charge is 0.345 e. The SMILES string of the molecule is Cn1c(C(=O)Nc2cccc(-c3cccc(NC(=O)c4cc5c(cn4)CN(CCOC(F)F)CC5)c3Cl)c2Cl)nc2c1CCN(CCC13CCC(C(=O)O)(CC1)C3)C2. The van der Waals surface area contributed by atoms with Gasteiger partial charge in [0.25, 0.3) is 11.8 Å². The number of benzene rings is 2. The van der Waals surface area contributed by atoms with Crippen LogP contribution < -0.4 is 10.6 Å². The zero-order valence-corrected chi connectivity index (χ0v) is 33.6. The molecule has 0 unspecified atom stereocenters. The van der Waals surface area contributed by atoms with Crippen LogP contribution in [0.5, 0.6) is 0 Å². The Kier molecular flexibility index (Phi) is 11.3. The minimum atomic E-state index is -2.80. The molecule has 58 heavy (non-hydrogen) atoms. The van der Waals surface area contributed by atoms with Crippen LogP contribution in [0.4, 0.5) is 20.2 Å². The van der Waals surface area contributed by atoms with E-state index in [-0.39, 0.29) is 33.6 Å². The molecule has 2 aliphatic heterocycles. The lowest BCUT2D eigenvalue weighted by molar-refractivity contribution is -0.148. The molecule has 306 valence electrons. The number of rotatable bonds is 13. The standard InChI is InChI=1S/C42H45Cl2F2N7O5/c1-51-33-9-16-52(17-14-41-10-12-42(24-41,13-11-41)39(56)57)23-32(33)48-36(51)38(55)50-30-7-3-5-28(35(30)44)27-4-2-6-29(34(27)43)49-37(54)31-20-25-8-15-53(18-19-58-40(45)46)22-26(25)21-47-31/h2-7,20-21,40H,8-19,22-24H2,1H3,(H,49,54)(H,50,55)(H,56,57). The second-order valence-corrected chi connectivity index (χ2v) is 16.9. The van der Waals surface area contributed by atoms with Gasteiger partial charge in [0, 0.05) is 69.2 Å². The van der Waals surface area contributed by atoms with Crippen molar-refractivity contribution in [2.24, 2.45) is 17.9 Å². The van der Waals surface area contributed by atoms with Gasteiger partial charge < -0.3 is 25.0 Å². The Labute approximate surface area is 344 Å². The van der Waals surface area contributed by atoms with Crippen molar-refractivity contribution in [2.75, 3.05) is 43.4 Å². The maximum absolute atomic E-state index is 13.7. The molecule has 8 rings (SSSR count). The molecule has 2 aromatic heterocycles. The summed E-state index contributed by atoms with van der Waals surface area (Å²) in [5.41, 5.74) is 5.41. The van der Waals surface area contributed by atoms with E-state index in [9.17, 15) is 28.3 Å². The van der Waals surface area contributed by atoms with Crippen LogP contribution in [0.2, 0.25) is 10.0 Å². The molecule has 2 bridgehead atoms. The lowest BCUT2D eigenvalue weighted by Crippen LogP contribution is -2.34. The van der Waals surface area contributed by atoms with Crippen molar-refractivity contribution in [3.63, 3.8) is 0 Å². The Hall–Kier alpha value is -4.47. The molecule has 2 amide bonds. The highest BCUT2D eigenvalue weighted by Crippen LogP contribution is 2.63. The summed E-state index contributed by atoms with van der Waals surface area (Å²) in [6, 6.07) is 12.2. The van der Waals surface area contributed by atoms with Gasteiger partial charge in [-0.3, -0.25) is 29.2 Å². The van der Waals surface area contributed by atoms with Crippen LogP contribution in [-0.2, 0) is 42.5 Å². The number of hydrogen-bond acceptors (Lipinski definition) is 8. The van der Waals surface area contributed by atoms with Gasteiger partial charge in [0.15, 0.2) is 5.82 Å². The molecule has 12 nitrogen and oxygen atoms in total. The number of aromatic nitrogens is 3. The number of alkyl halides is 2. The normalized spacial score (nSPS) is 21.6. The van der Waals surface area contributed by atoms with Crippen molar-refractivity contribution in [3.05, 3.63) is 92.7 Å². The molecular weight excluding hydrogens is 791 g/mol. The monoisotopic (exact) mass is 835 g/mol. The number of nitrogens with zero attached hydrogens (tertiary/aromatic N) is 5. The number of halogens is 4. The van der Waals surface area contributed by atoms with Crippen LogP contribution >= 0.6 is 23.2 Å². The number of carboxylic acid groups (broad SMARTS) is 1. The number of anilines is 2. The maximum Gasteiger partial charge on any atom is 0.345 e. The number of nitrogens with one attached hydrogen (secondary N) is 2. The van der Waals surface area contributed by atoms with Gasteiger partial charge in [0.1, 0.15) is 5.69 Å². The highest BCUT2D eigenvalue weighted by atomic mass is 35.5. The summed E-state index contributed by atoms with van der Waals surface area (Å²) < 4.78 is 31.0. The van der Waals surface area contributed by atoms with Gasteiger partial charge in [-0.05, 0) is 86.2 Å². The number of aliphatic carboxylic acids is 1. The van der Waals surface area contributed by atoms with Crippen molar-refractivity contribution < 1.29 is 33.0 Å². The molecule has 4 aliphatic rings. The third-order valence-electron chi connectivity index (χ3n) is 12.8. The van der Waals surface area contributed by atoms with Gasteiger partial charge in [0.2, 0.25) is 0 Å². The van der Waals surface area contributed by atoms with Crippen LogP contribution in [0.3, 0.4) is 0 Å². The number of amides is 2. The highest BCUT2D eigenvalue weighted by Gasteiger charge is 2.57. The summed E-state index contributed by atoms with van der Waals surface area (Å²) in [6.07, 6.45) is 8.30. The van der Waals surface area contributed by atoms with Crippen molar-refractivity contribution in [1.29, 1.82) is 0 Å². The van der Waals surface area contributed by atoms with E-state index in [1.54, 1.807) is 48.7 Å². The Bertz CT molecular complexity index is 2260. The van der Waals surface area contributed by atoms with Gasteiger partial charge in [-0.1, -0.05) is 47.5 Å². The third-order valence-corrected chi connectivity index (χ3v) is 13.6. The Morgan fingerprint density at radius 3 is 2.21 bits per heavy atom. The average molecular weight is 837 g/mol. The minimum absolute atomic E-state index is 0.0696. The summed E-state index contributed by atoms with van der Waals surface area (Å²) in [6.45, 7) is 1.01. The van der Waals surface area contributed by atoms with Crippen LogP contribution in [0.1, 0.15) is 82.1 Å². The molecule has 2 saturated carbocycles. The summed E-state index contributed by atoms with van der Waals surface area (Å²) in [5.74, 6) is -1.21. The maximum atomic E-state index is 13.7. The van der Waals surface area contributed by atoms with Gasteiger partial charge >= 0.3 is 12.6 Å². The van der Waals surface area contributed by atoms with Crippen LogP contribution in [-0.4, -0.2) is 86.6 Å². The second-order valence-electron chi connectivity index (χ2n) is 16.2. The molecule has 2 fully saturated rings. The van der Waals surface area contributed by atoms with Gasteiger partial charge in [-0.2, -0.15) is 8.78 Å². The first-order valence-corrected chi connectivity index (χ1v) is 20.4. The molecular formula is C42H45Cl2F2N7O5. The van der Waals surface area contributed by atoms with Gasteiger partial charge in [-0.15, -0.1) is 0 Å². The van der Waals surface area contributed by atoms with Gasteiger partial charge in [-0.25, -0.2) is 4.98 Å². The Morgan fingerprint density at radius 2 is 1.55 bits per heavy atom. The van der Waals surface area contributed by atoms with E-state index in [1.807, 2.05) is 16.5 Å². The fourth-order valence-corrected chi connectivity index (χ4v) is 10.0. The van der Waals surface area contributed by atoms with E-state index in [2.05, 4.69) is 25.3 Å². The number of hydrogen-bond donors (Lipinski definition) is 3. The molecule has 4 aromatic rings. The Balaban J connectivity index is 0.909. The summed E-state index contributed by atoms with van der Waals surface area (Å²) in [4.78, 5) is 52.6. The van der Waals surface area contributed by atoms with E-state index in [1.165, 1.54) is 0 Å². The molecule has 2 aliphatic carbocycles. The number of carbonyl (C=O) groups is 3. The first kappa shape index (κ1) is 40.3. The second kappa shape index (κ2) is 16.3. The van der Waals surface area contributed by atoms with Crippen LogP contribution in [0.15, 0.2) is 48.7 Å². The molecule has 0 spiro atoms. The molecule has 0 radical (unpaired) electrons. The summed E-state index contributed by atoms with van der Waals surface area (Å²) in [7, 11) is 1.85. The quantitative estimate of drug-likeness (QED) is 0.124. The lowest BCUT2D eigenvalue weighted by Gasteiger charge is -2.32. The van der Waals surface area contributed by atoms with Crippen LogP contribution in [0, 0.1) is 10.8 Å². The number of carbonyl (C=O) groups excluding carboxylic acids is 2. The van der Waals surface area contributed by atoms with E-state index in [0.29, 0.717) is 55.1 Å². The first-order chi connectivity index (χ1) is 27.8. The fraction of sp³-hybridized carbons (Fsp3) is 0.452. The summed E-state index contributed by atoms with van der Waals surface area (Å²) in [5, 5.41) is 16.1. The highest BCUT2D eigenvalue weighted by molar-refractivity contribution is 6.40. The number of pyridine rings is 1. The largest absolute Gasteiger partial charge is 0.481 e. The number of fused-ring (bicyclic) bond motifs is 4. The summed E-state index contributed by atoms with van der Waals surface area (Å²) >= 11 is 13.8. The Morgan fingerprint density at radius 1 is 0.897 bits per heavy atom. The van der Waals surface area contributed by atoms with Gasteiger partial charge in [0.05, 0.1) is 39.1 Å². The molecule has 3 N–H and O–H groups in total. The predicted molar refractivity (Wildman–Crippen MR) is 215 cm³/mol. The lowest BCUT2D eigenvalue weighted by atomic mass is 9.80. The van der Waals surface area contributed by atoms with Crippen molar-refractivity contribution in [3.8, 4) is 11.1 Å². The molecule has 2 aromatic carbocycles. The van der Waals surface area contributed by atoms with Crippen molar-refractivity contribution in [1.82, 2.24) is 24.3 Å². The zero-order chi connectivity index (χ0) is 40.8. The van der Waals surface area contributed by atoms with Crippen molar-refractivity contribution >= 4 is 52.4 Å². The third kappa shape index (κ3) is 7.96. The van der Waals surface area contributed by atoms with E-state index in [0.717, 1.165) is 80.6 Å².